The maximum Gasteiger partial charge on any atom is 0.183 e. The van der Waals surface area contributed by atoms with Crippen LogP contribution >= 0.6 is 11.3 Å². The fourth-order valence-electron chi connectivity index (χ4n) is 0.928. The number of thiazole rings is 1. The summed E-state index contributed by atoms with van der Waals surface area (Å²) >= 11 is 1.45. The zero-order valence-corrected chi connectivity index (χ0v) is 9.19. The van der Waals surface area contributed by atoms with Crippen molar-refractivity contribution in [2.45, 2.75) is 13.3 Å². The summed E-state index contributed by atoms with van der Waals surface area (Å²) in [5.74, 6) is 0.00573. The Bertz CT molecular complexity index is 299. The van der Waals surface area contributed by atoms with Gasteiger partial charge in [-0.25, -0.2) is 4.98 Å². The van der Waals surface area contributed by atoms with Crippen LogP contribution < -0.4 is 5.32 Å². The number of rotatable bonds is 6. The zero-order chi connectivity index (χ0) is 10.4. The lowest BCUT2D eigenvalue weighted by atomic mass is 10.4. The van der Waals surface area contributed by atoms with Gasteiger partial charge in [0.1, 0.15) is 5.69 Å². The second-order valence-corrected chi connectivity index (χ2v) is 3.73. The molecule has 78 valence electrons. The van der Waals surface area contributed by atoms with Gasteiger partial charge in [0.05, 0.1) is 0 Å². The molecule has 1 rings (SSSR count). The molecule has 4 nitrogen and oxygen atoms in total. The number of hydrogen-bond acceptors (Lipinski definition) is 5. The molecule has 0 aliphatic heterocycles. The fraction of sp³-hybridized carbons (Fsp3) is 0.556. The molecule has 1 aromatic heterocycles. The van der Waals surface area contributed by atoms with E-state index in [4.69, 9.17) is 4.74 Å². The van der Waals surface area contributed by atoms with E-state index >= 15 is 0 Å². The highest BCUT2D eigenvalue weighted by Gasteiger charge is 2.04. The third-order valence-electron chi connectivity index (χ3n) is 1.67. The highest BCUT2D eigenvalue weighted by atomic mass is 32.1. The quantitative estimate of drug-likeness (QED) is 0.579. The third-order valence-corrected chi connectivity index (χ3v) is 2.47. The highest BCUT2D eigenvalue weighted by molar-refractivity contribution is 7.13. The number of hydrogen-bond donors (Lipinski definition) is 1. The third kappa shape index (κ3) is 3.43. The van der Waals surface area contributed by atoms with E-state index < -0.39 is 0 Å². The number of aromatic nitrogens is 1. The maximum absolute atomic E-state index is 10.9. The molecule has 0 radical (unpaired) electrons. The standard InChI is InChI=1S/C9H14N2O2S/c1-7(12)8-6-14-9(11-8)10-4-3-5-13-2/h6H,3-5H2,1-2H3,(H,10,11). The second kappa shape index (κ2) is 5.72. The topological polar surface area (TPSA) is 51.2 Å². The van der Waals surface area contributed by atoms with E-state index in [1.807, 2.05) is 0 Å². The summed E-state index contributed by atoms with van der Waals surface area (Å²) in [7, 11) is 1.68. The van der Waals surface area contributed by atoms with Gasteiger partial charge in [0.25, 0.3) is 0 Å². The highest BCUT2D eigenvalue weighted by Crippen LogP contribution is 2.15. The first-order valence-electron chi connectivity index (χ1n) is 4.43. The van der Waals surface area contributed by atoms with Gasteiger partial charge < -0.3 is 10.1 Å². The molecular formula is C9H14N2O2S. The average molecular weight is 214 g/mol. The Morgan fingerprint density at radius 2 is 2.50 bits per heavy atom. The van der Waals surface area contributed by atoms with Gasteiger partial charge in [-0.05, 0) is 6.42 Å². The number of carbonyl (C=O) groups is 1. The molecule has 0 aromatic carbocycles. The van der Waals surface area contributed by atoms with E-state index in [1.165, 1.54) is 18.3 Å². The van der Waals surface area contributed by atoms with Crippen LogP contribution in [0.4, 0.5) is 5.13 Å². The van der Waals surface area contributed by atoms with E-state index in [-0.39, 0.29) is 5.78 Å². The molecule has 0 saturated heterocycles. The van der Waals surface area contributed by atoms with E-state index in [0.29, 0.717) is 5.69 Å². The average Bonchev–Trinajstić information content (AvgIpc) is 2.61. The van der Waals surface area contributed by atoms with Gasteiger partial charge in [0.2, 0.25) is 0 Å². The Morgan fingerprint density at radius 3 is 3.07 bits per heavy atom. The van der Waals surface area contributed by atoms with Crippen LogP contribution in [-0.4, -0.2) is 31.0 Å². The molecule has 1 N–H and O–H groups in total. The number of carbonyl (C=O) groups excluding carboxylic acids is 1. The predicted octanol–water partition coefficient (Wildman–Crippen LogP) is 1.79. The number of ketones is 1. The molecule has 0 unspecified atom stereocenters. The van der Waals surface area contributed by atoms with Crippen LogP contribution in [0.2, 0.25) is 0 Å². The normalized spacial score (nSPS) is 10.1. The summed E-state index contributed by atoms with van der Waals surface area (Å²) in [6.07, 6.45) is 0.936. The summed E-state index contributed by atoms with van der Waals surface area (Å²) < 4.78 is 4.91. The van der Waals surface area contributed by atoms with Gasteiger partial charge in [-0.3, -0.25) is 4.79 Å². The van der Waals surface area contributed by atoms with Crippen molar-refractivity contribution in [2.75, 3.05) is 25.6 Å². The number of nitrogens with one attached hydrogen (secondary N) is 1. The fourth-order valence-corrected chi connectivity index (χ4v) is 1.71. The van der Waals surface area contributed by atoms with Crippen LogP contribution in [0.3, 0.4) is 0 Å². The number of anilines is 1. The Morgan fingerprint density at radius 1 is 1.71 bits per heavy atom. The molecule has 0 aliphatic rings. The minimum Gasteiger partial charge on any atom is -0.385 e. The van der Waals surface area contributed by atoms with Gasteiger partial charge in [-0.15, -0.1) is 11.3 Å². The Hall–Kier alpha value is -0.940. The lowest BCUT2D eigenvalue weighted by Gasteiger charge is -2.00. The molecule has 0 aliphatic carbocycles. The molecule has 0 atom stereocenters. The first kappa shape index (κ1) is 11.1. The second-order valence-electron chi connectivity index (χ2n) is 2.87. The van der Waals surface area contributed by atoms with Crippen molar-refractivity contribution < 1.29 is 9.53 Å². The van der Waals surface area contributed by atoms with Crippen molar-refractivity contribution in [2.24, 2.45) is 0 Å². The number of nitrogens with zero attached hydrogens (tertiary/aromatic N) is 1. The summed E-state index contributed by atoms with van der Waals surface area (Å²) in [5.41, 5.74) is 0.532. The van der Waals surface area contributed by atoms with E-state index in [2.05, 4.69) is 10.3 Å². The number of ether oxygens (including phenoxy) is 1. The first-order valence-corrected chi connectivity index (χ1v) is 5.31. The molecule has 0 spiro atoms. The van der Waals surface area contributed by atoms with Crippen molar-refractivity contribution in [3.05, 3.63) is 11.1 Å². The minimum absolute atomic E-state index is 0.00573. The summed E-state index contributed by atoms with van der Waals surface area (Å²) in [5, 5.41) is 5.69. The van der Waals surface area contributed by atoms with E-state index in [9.17, 15) is 4.79 Å². The Kier molecular flexibility index (Phi) is 4.55. The van der Waals surface area contributed by atoms with Crippen LogP contribution in [0, 0.1) is 0 Å². The van der Waals surface area contributed by atoms with Crippen LogP contribution in [-0.2, 0) is 4.74 Å². The number of Topliss-reactive ketones (excluding diaryl/α,β-unsaturated/α-hetero) is 1. The van der Waals surface area contributed by atoms with E-state index in [1.54, 1.807) is 12.5 Å². The number of methoxy groups -OCH3 is 1. The molecule has 1 heterocycles. The van der Waals surface area contributed by atoms with Gasteiger partial charge in [-0.1, -0.05) is 0 Å². The van der Waals surface area contributed by atoms with Gasteiger partial charge in [0, 0.05) is 32.6 Å². The molecule has 0 fully saturated rings. The van der Waals surface area contributed by atoms with Crippen LogP contribution in [0.25, 0.3) is 0 Å². The zero-order valence-electron chi connectivity index (χ0n) is 8.37. The molecule has 14 heavy (non-hydrogen) atoms. The van der Waals surface area contributed by atoms with Crippen molar-refractivity contribution in [3.63, 3.8) is 0 Å². The SMILES string of the molecule is COCCCNc1nc(C(C)=O)cs1. The van der Waals surface area contributed by atoms with Crippen molar-refractivity contribution in [1.29, 1.82) is 0 Å². The Balaban J connectivity index is 2.33. The van der Waals surface area contributed by atoms with Crippen LogP contribution in [0.5, 0.6) is 0 Å². The van der Waals surface area contributed by atoms with Gasteiger partial charge >= 0.3 is 0 Å². The first-order chi connectivity index (χ1) is 6.74. The molecule has 0 saturated carbocycles. The van der Waals surface area contributed by atoms with Gasteiger partial charge in [-0.2, -0.15) is 0 Å². The minimum atomic E-state index is 0.00573. The Labute approximate surface area is 87.3 Å². The van der Waals surface area contributed by atoms with Crippen LogP contribution in [0.15, 0.2) is 5.38 Å². The van der Waals surface area contributed by atoms with Crippen molar-refractivity contribution in [1.82, 2.24) is 4.98 Å². The smallest absolute Gasteiger partial charge is 0.183 e. The molecule has 1 aromatic rings. The summed E-state index contributed by atoms with van der Waals surface area (Å²) in [6.45, 7) is 3.07. The van der Waals surface area contributed by atoms with Crippen molar-refractivity contribution >= 4 is 22.3 Å². The lowest BCUT2D eigenvalue weighted by molar-refractivity contribution is 0.101. The summed E-state index contributed by atoms with van der Waals surface area (Å²) in [6, 6.07) is 0. The lowest BCUT2D eigenvalue weighted by Crippen LogP contribution is -2.04. The van der Waals surface area contributed by atoms with E-state index in [0.717, 1.165) is 24.7 Å². The monoisotopic (exact) mass is 214 g/mol. The largest absolute Gasteiger partial charge is 0.385 e. The molecule has 5 heteroatoms. The van der Waals surface area contributed by atoms with Crippen LogP contribution in [0.1, 0.15) is 23.8 Å². The summed E-state index contributed by atoms with van der Waals surface area (Å²) in [4.78, 5) is 15.1. The predicted molar refractivity (Wildman–Crippen MR) is 57.1 cm³/mol. The van der Waals surface area contributed by atoms with Gasteiger partial charge in [0.15, 0.2) is 10.9 Å². The van der Waals surface area contributed by atoms with Crippen molar-refractivity contribution in [3.8, 4) is 0 Å². The molecule has 0 bridgehead atoms. The molecule has 0 amide bonds. The maximum atomic E-state index is 10.9. The molecular weight excluding hydrogens is 200 g/mol.